The summed E-state index contributed by atoms with van der Waals surface area (Å²) in [5.41, 5.74) is 8.75. The Kier molecular flexibility index (Phi) is 4.39. The smallest absolute Gasteiger partial charge is 0.323 e. The number of aliphatic imine (C=N–C) groups is 1. The summed E-state index contributed by atoms with van der Waals surface area (Å²) in [5.74, 6) is 0.534. The Balaban J connectivity index is 1.67. The average molecular weight is 343 g/mol. The lowest BCUT2D eigenvalue weighted by Gasteiger charge is -2.10. The molecule has 7 heteroatoms. The summed E-state index contributed by atoms with van der Waals surface area (Å²) in [4.78, 5) is 16.1. The van der Waals surface area contributed by atoms with Gasteiger partial charge in [-0.15, -0.1) is 0 Å². The molecule has 0 saturated carbocycles. The van der Waals surface area contributed by atoms with Crippen molar-refractivity contribution in [1.29, 1.82) is 0 Å². The van der Waals surface area contributed by atoms with Gasteiger partial charge in [-0.2, -0.15) is 0 Å². The first-order valence-corrected chi connectivity index (χ1v) is 7.57. The number of benzene rings is 2. The van der Waals surface area contributed by atoms with E-state index in [1.165, 1.54) is 12.1 Å². The lowest BCUT2D eigenvalue weighted by atomic mass is 10.0. The number of nitrogens with one attached hydrogen (secondary N) is 2. The van der Waals surface area contributed by atoms with Crippen LogP contribution < -0.4 is 16.4 Å². The van der Waals surface area contributed by atoms with Crippen molar-refractivity contribution >= 4 is 40.4 Å². The summed E-state index contributed by atoms with van der Waals surface area (Å²) in [6.07, 6.45) is 2.33. The Morgan fingerprint density at radius 2 is 1.92 bits per heavy atom. The number of carbonyl (C=O) groups is 1. The molecule has 5 N–H and O–H groups in total. The van der Waals surface area contributed by atoms with Gasteiger partial charge in [0.1, 0.15) is 11.6 Å². The van der Waals surface area contributed by atoms with E-state index in [2.05, 4.69) is 15.6 Å². The predicted octanol–water partition coefficient (Wildman–Crippen LogP) is 3.79. The van der Waals surface area contributed by atoms with E-state index in [9.17, 15) is 9.90 Å². The van der Waals surface area contributed by atoms with Crippen molar-refractivity contribution in [1.82, 2.24) is 0 Å². The molecule has 0 spiro atoms. The Morgan fingerprint density at radius 1 is 1.17 bits per heavy atom. The van der Waals surface area contributed by atoms with Gasteiger partial charge in [0.25, 0.3) is 0 Å². The van der Waals surface area contributed by atoms with Gasteiger partial charge in [-0.3, -0.25) is 0 Å². The number of nitrogens with two attached hydrogens (primary N) is 1. The number of aromatic hydroxyl groups is 1. The molecule has 0 unspecified atom stereocenters. The summed E-state index contributed by atoms with van der Waals surface area (Å²) < 4.78 is 0. The first kappa shape index (κ1) is 15.9. The lowest BCUT2D eigenvalue weighted by molar-refractivity contribution is 0.262. The Hall–Kier alpha value is -2.99. The van der Waals surface area contributed by atoms with Crippen LogP contribution in [0.2, 0.25) is 5.02 Å². The topological polar surface area (TPSA) is 99.7 Å². The number of rotatable bonds is 3. The standard InChI is InChI=1S/C17H15ClN4O2/c18-14-8-13(4-5-15(14)23)22-17(24)21-12-3-1-2-10(6-12)11-7-16(19)20-9-11/h1-6,8-9,23H,7H2,(H2,19,20)(H2,21,22,24). The summed E-state index contributed by atoms with van der Waals surface area (Å²) in [5, 5.41) is 14.9. The number of hydrogen-bond acceptors (Lipinski definition) is 4. The van der Waals surface area contributed by atoms with Crippen LogP contribution in [-0.2, 0) is 0 Å². The van der Waals surface area contributed by atoms with Crippen LogP contribution in [0, 0.1) is 0 Å². The average Bonchev–Trinajstić information content (AvgIpc) is 2.98. The van der Waals surface area contributed by atoms with Crippen molar-refractivity contribution in [3.63, 3.8) is 0 Å². The fraction of sp³-hybridized carbons (Fsp3) is 0.0588. The maximum atomic E-state index is 12.1. The molecule has 0 aromatic heterocycles. The van der Waals surface area contributed by atoms with Gasteiger partial charge in [0, 0.05) is 24.0 Å². The zero-order valence-corrected chi connectivity index (χ0v) is 13.3. The summed E-state index contributed by atoms with van der Waals surface area (Å²) >= 11 is 5.81. The van der Waals surface area contributed by atoms with Crippen molar-refractivity contribution in [2.75, 3.05) is 10.6 Å². The zero-order chi connectivity index (χ0) is 17.1. The minimum atomic E-state index is -0.412. The minimum absolute atomic E-state index is 0.0401. The Labute approximate surface area is 143 Å². The van der Waals surface area contributed by atoms with Gasteiger partial charge in [-0.05, 0) is 41.5 Å². The molecule has 1 aliphatic heterocycles. The molecule has 0 radical (unpaired) electrons. The molecule has 2 aromatic carbocycles. The SMILES string of the molecule is NC1=NC=C(c2cccc(NC(=O)Nc3ccc(O)c(Cl)c3)c2)C1. The molecule has 2 amide bonds. The van der Waals surface area contributed by atoms with Crippen LogP contribution in [0.5, 0.6) is 5.75 Å². The van der Waals surface area contributed by atoms with E-state index in [-0.39, 0.29) is 10.8 Å². The fourth-order valence-corrected chi connectivity index (χ4v) is 2.48. The third-order valence-electron chi connectivity index (χ3n) is 3.45. The lowest BCUT2D eigenvalue weighted by Crippen LogP contribution is -2.19. The van der Waals surface area contributed by atoms with E-state index in [0.717, 1.165) is 11.1 Å². The van der Waals surface area contributed by atoms with Gasteiger partial charge < -0.3 is 21.5 Å². The van der Waals surface area contributed by atoms with Gasteiger partial charge in [-0.1, -0.05) is 23.7 Å². The number of phenolic OH excluding ortho intramolecular Hbond substituents is 1. The largest absolute Gasteiger partial charge is 0.506 e. The highest BCUT2D eigenvalue weighted by molar-refractivity contribution is 6.32. The number of halogens is 1. The monoisotopic (exact) mass is 342 g/mol. The van der Waals surface area contributed by atoms with Gasteiger partial charge in [-0.25, -0.2) is 9.79 Å². The Morgan fingerprint density at radius 3 is 2.58 bits per heavy atom. The van der Waals surface area contributed by atoms with Crippen molar-refractivity contribution in [3.8, 4) is 5.75 Å². The number of anilines is 2. The molecule has 1 aliphatic rings. The van der Waals surface area contributed by atoms with Crippen LogP contribution in [0.3, 0.4) is 0 Å². The highest BCUT2D eigenvalue weighted by Crippen LogP contribution is 2.27. The highest BCUT2D eigenvalue weighted by atomic mass is 35.5. The number of amidine groups is 1. The number of amides is 2. The van der Waals surface area contributed by atoms with Gasteiger partial charge >= 0.3 is 6.03 Å². The Bertz CT molecular complexity index is 861. The van der Waals surface area contributed by atoms with Gasteiger partial charge in [0.15, 0.2) is 0 Å². The second kappa shape index (κ2) is 6.64. The predicted molar refractivity (Wildman–Crippen MR) is 96.4 cm³/mol. The maximum Gasteiger partial charge on any atom is 0.323 e. The summed E-state index contributed by atoms with van der Waals surface area (Å²) in [7, 11) is 0. The molecule has 6 nitrogen and oxygen atoms in total. The van der Waals surface area contributed by atoms with Crippen molar-refractivity contribution in [2.24, 2.45) is 10.7 Å². The van der Waals surface area contributed by atoms with Crippen LogP contribution in [-0.4, -0.2) is 17.0 Å². The van der Waals surface area contributed by atoms with E-state index < -0.39 is 6.03 Å². The van der Waals surface area contributed by atoms with Crippen LogP contribution in [0.15, 0.2) is 53.7 Å². The molecule has 0 aliphatic carbocycles. The van der Waals surface area contributed by atoms with Crippen LogP contribution in [0.4, 0.5) is 16.2 Å². The van der Waals surface area contributed by atoms with E-state index in [0.29, 0.717) is 23.6 Å². The van der Waals surface area contributed by atoms with Crippen LogP contribution in [0.25, 0.3) is 5.57 Å². The van der Waals surface area contributed by atoms with Crippen LogP contribution >= 0.6 is 11.6 Å². The van der Waals surface area contributed by atoms with Gasteiger partial charge in [0.05, 0.1) is 5.02 Å². The minimum Gasteiger partial charge on any atom is -0.506 e. The molecular formula is C17H15ClN4O2. The summed E-state index contributed by atoms with van der Waals surface area (Å²) in [6.45, 7) is 0. The van der Waals surface area contributed by atoms with Crippen LogP contribution in [0.1, 0.15) is 12.0 Å². The maximum absolute atomic E-state index is 12.1. The molecule has 0 bridgehead atoms. The van der Waals surface area contributed by atoms with Crippen molar-refractivity contribution in [2.45, 2.75) is 6.42 Å². The highest BCUT2D eigenvalue weighted by Gasteiger charge is 2.11. The first-order valence-electron chi connectivity index (χ1n) is 7.19. The molecule has 0 saturated heterocycles. The molecule has 2 aromatic rings. The quantitative estimate of drug-likeness (QED) is 0.638. The second-order valence-corrected chi connectivity index (χ2v) is 5.68. The van der Waals surface area contributed by atoms with E-state index >= 15 is 0 Å². The molecule has 0 fully saturated rings. The molecule has 0 atom stereocenters. The number of carbonyl (C=O) groups excluding carboxylic acids is 1. The van der Waals surface area contributed by atoms with E-state index in [4.69, 9.17) is 17.3 Å². The molecule has 1 heterocycles. The van der Waals surface area contributed by atoms with E-state index in [1.54, 1.807) is 18.3 Å². The second-order valence-electron chi connectivity index (χ2n) is 5.28. The molecule has 122 valence electrons. The normalized spacial score (nSPS) is 13.2. The number of urea groups is 1. The number of hydrogen-bond donors (Lipinski definition) is 4. The van der Waals surface area contributed by atoms with Gasteiger partial charge in [0.2, 0.25) is 0 Å². The fourth-order valence-electron chi connectivity index (χ4n) is 2.30. The molecule has 3 rings (SSSR count). The third-order valence-corrected chi connectivity index (χ3v) is 3.76. The number of nitrogens with zero attached hydrogens (tertiary/aromatic N) is 1. The van der Waals surface area contributed by atoms with E-state index in [1.807, 2.05) is 18.2 Å². The number of phenols is 1. The van der Waals surface area contributed by atoms with Crippen molar-refractivity contribution < 1.29 is 9.90 Å². The summed E-state index contributed by atoms with van der Waals surface area (Å²) in [6, 6.07) is 11.4. The zero-order valence-electron chi connectivity index (χ0n) is 12.6. The third kappa shape index (κ3) is 3.67. The molecular weight excluding hydrogens is 328 g/mol. The first-order chi connectivity index (χ1) is 11.5. The van der Waals surface area contributed by atoms with Crippen molar-refractivity contribution in [3.05, 3.63) is 59.3 Å². The molecule has 24 heavy (non-hydrogen) atoms.